The highest BCUT2D eigenvalue weighted by atomic mass is 16.4. The van der Waals surface area contributed by atoms with Crippen LogP contribution in [-0.4, -0.2) is 16.2 Å². The molecule has 0 saturated heterocycles. The van der Waals surface area contributed by atoms with E-state index in [1.165, 1.54) is 0 Å². The lowest BCUT2D eigenvalue weighted by molar-refractivity contribution is -0.137. The summed E-state index contributed by atoms with van der Waals surface area (Å²) in [7, 11) is 0. The Morgan fingerprint density at radius 3 is 2.67 bits per heavy atom. The molecule has 50 valence electrons. The zero-order valence-corrected chi connectivity index (χ0v) is 5.09. The number of hydrogen-bond acceptors (Lipinski definition) is 2. The van der Waals surface area contributed by atoms with Gasteiger partial charge in [0.1, 0.15) is 6.11 Å². The minimum Gasteiger partial charge on any atom is -0.481 e. The number of carboxylic acid groups (broad SMARTS) is 1. The van der Waals surface area contributed by atoms with Crippen LogP contribution in [0.2, 0.25) is 0 Å². The average molecular weight is 128 g/mol. The molecule has 3 heteroatoms. The molecule has 0 bridgehead atoms. The van der Waals surface area contributed by atoms with E-state index >= 15 is 0 Å². The van der Waals surface area contributed by atoms with Crippen LogP contribution in [0.4, 0.5) is 0 Å². The summed E-state index contributed by atoms with van der Waals surface area (Å²) < 4.78 is 0. The van der Waals surface area contributed by atoms with Crippen molar-refractivity contribution < 1.29 is 15.0 Å². The standard InChI is InChI=1S/C6H8O3/c1-5(2-3-7)4-6(8)9/h5,7H,4H2,1H3,(H,8,9). The van der Waals surface area contributed by atoms with Crippen LogP contribution in [0.15, 0.2) is 0 Å². The highest BCUT2D eigenvalue weighted by Gasteiger charge is 2.02. The topological polar surface area (TPSA) is 57.5 Å². The lowest BCUT2D eigenvalue weighted by Crippen LogP contribution is -2.01. The van der Waals surface area contributed by atoms with Gasteiger partial charge in [0, 0.05) is 5.92 Å². The number of hydrogen-bond donors (Lipinski definition) is 2. The Kier molecular flexibility index (Phi) is 3.29. The summed E-state index contributed by atoms with van der Waals surface area (Å²) in [6.07, 6.45) is 1.64. The molecule has 3 nitrogen and oxygen atoms in total. The van der Waals surface area contributed by atoms with Crippen LogP contribution in [0.5, 0.6) is 0 Å². The van der Waals surface area contributed by atoms with Crippen molar-refractivity contribution in [2.75, 3.05) is 0 Å². The van der Waals surface area contributed by atoms with E-state index in [9.17, 15) is 4.79 Å². The van der Waals surface area contributed by atoms with E-state index in [1.54, 1.807) is 13.0 Å². The first kappa shape index (κ1) is 7.83. The van der Waals surface area contributed by atoms with Crippen molar-refractivity contribution in [1.82, 2.24) is 0 Å². The number of aliphatic carboxylic acids is 1. The Balaban J connectivity index is 3.59. The highest BCUT2D eigenvalue weighted by Crippen LogP contribution is 1.97. The van der Waals surface area contributed by atoms with Crippen molar-refractivity contribution in [3.05, 3.63) is 0 Å². The molecular weight excluding hydrogens is 120 g/mol. The first-order valence-electron chi connectivity index (χ1n) is 2.53. The van der Waals surface area contributed by atoms with E-state index in [-0.39, 0.29) is 12.3 Å². The smallest absolute Gasteiger partial charge is 0.304 e. The SMILES string of the molecule is CC(C#CO)CC(=O)O. The lowest BCUT2D eigenvalue weighted by atomic mass is 10.1. The molecule has 0 aliphatic rings. The summed E-state index contributed by atoms with van der Waals surface area (Å²) in [6, 6.07) is 0. The Labute approximate surface area is 53.3 Å². The van der Waals surface area contributed by atoms with Gasteiger partial charge >= 0.3 is 5.97 Å². The number of carboxylic acids is 1. The van der Waals surface area contributed by atoms with Crippen molar-refractivity contribution in [2.45, 2.75) is 13.3 Å². The van der Waals surface area contributed by atoms with Gasteiger partial charge in [-0.25, -0.2) is 0 Å². The first-order valence-corrected chi connectivity index (χ1v) is 2.53. The summed E-state index contributed by atoms with van der Waals surface area (Å²) in [4.78, 5) is 9.94. The second kappa shape index (κ2) is 3.79. The number of aliphatic hydroxyl groups is 1. The fourth-order valence-corrected chi connectivity index (χ4v) is 0.423. The predicted molar refractivity (Wildman–Crippen MR) is 31.1 cm³/mol. The summed E-state index contributed by atoms with van der Waals surface area (Å²) in [5, 5.41) is 16.2. The maximum Gasteiger partial charge on any atom is 0.304 e. The molecular formula is C6H8O3. The van der Waals surface area contributed by atoms with Gasteiger partial charge in [-0.05, 0) is 0 Å². The van der Waals surface area contributed by atoms with Crippen LogP contribution in [-0.2, 0) is 4.79 Å². The maximum atomic E-state index is 9.94. The molecule has 0 saturated carbocycles. The fourth-order valence-electron chi connectivity index (χ4n) is 0.423. The molecule has 0 fully saturated rings. The molecule has 1 atom stereocenters. The monoisotopic (exact) mass is 128 g/mol. The molecule has 0 aliphatic carbocycles. The second-order valence-electron chi connectivity index (χ2n) is 1.76. The molecule has 0 heterocycles. The largest absolute Gasteiger partial charge is 0.481 e. The summed E-state index contributed by atoms with van der Waals surface area (Å²) >= 11 is 0. The van der Waals surface area contributed by atoms with Crippen molar-refractivity contribution in [2.24, 2.45) is 5.92 Å². The number of carbonyl (C=O) groups is 1. The van der Waals surface area contributed by atoms with Gasteiger partial charge in [0.15, 0.2) is 0 Å². The van der Waals surface area contributed by atoms with Crippen LogP contribution >= 0.6 is 0 Å². The Hall–Kier alpha value is -1.17. The van der Waals surface area contributed by atoms with E-state index in [0.717, 1.165) is 0 Å². The molecule has 0 aromatic carbocycles. The van der Waals surface area contributed by atoms with Crippen LogP contribution in [0.3, 0.4) is 0 Å². The van der Waals surface area contributed by atoms with Crippen LogP contribution < -0.4 is 0 Å². The summed E-state index contributed by atoms with van der Waals surface area (Å²) in [5.74, 6) is 1.13. The van der Waals surface area contributed by atoms with Gasteiger partial charge in [0.05, 0.1) is 6.42 Å². The van der Waals surface area contributed by atoms with Gasteiger partial charge in [-0.3, -0.25) is 4.79 Å². The summed E-state index contributed by atoms with van der Waals surface area (Å²) in [6.45, 7) is 1.64. The van der Waals surface area contributed by atoms with E-state index in [2.05, 4.69) is 5.92 Å². The molecule has 0 rings (SSSR count). The van der Waals surface area contributed by atoms with Crippen LogP contribution in [0.25, 0.3) is 0 Å². The molecule has 0 spiro atoms. The van der Waals surface area contributed by atoms with Gasteiger partial charge in [0.2, 0.25) is 0 Å². The van der Waals surface area contributed by atoms with E-state index in [1.807, 2.05) is 0 Å². The quantitative estimate of drug-likeness (QED) is 0.530. The van der Waals surface area contributed by atoms with E-state index in [0.29, 0.717) is 0 Å². The average Bonchev–Trinajstić information content (AvgIpc) is 1.63. The number of rotatable bonds is 2. The molecule has 0 amide bonds. The van der Waals surface area contributed by atoms with Gasteiger partial charge in [0.25, 0.3) is 0 Å². The molecule has 1 unspecified atom stereocenters. The molecule has 0 aromatic heterocycles. The van der Waals surface area contributed by atoms with Crippen molar-refractivity contribution in [1.29, 1.82) is 0 Å². The lowest BCUT2D eigenvalue weighted by Gasteiger charge is -1.94. The Morgan fingerprint density at radius 1 is 1.78 bits per heavy atom. The van der Waals surface area contributed by atoms with E-state index < -0.39 is 5.97 Å². The normalized spacial score (nSPS) is 11.2. The molecule has 2 N–H and O–H groups in total. The third-order valence-electron chi connectivity index (χ3n) is 0.792. The summed E-state index contributed by atoms with van der Waals surface area (Å²) in [5.41, 5.74) is 0. The molecule has 0 aliphatic heterocycles. The third kappa shape index (κ3) is 4.69. The third-order valence-corrected chi connectivity index (χ3v) is 0.792. The van der Waals surface area contributed by atoms with Gasteiger partial charge < -0.3 is 10.2 Å². The second-order valence-corrected chi connectivity index (χ2v) is 1.76. The minimum absolute atomic E-state index is 0.0203. The highest BCUT2D eigenvalue weighted by molar-refractivity contribution is 5.67. The fraction of sp³-hybridized carbons (Fsp3) is 0.500. The van der Waals surface area contributed by atoms with Gasteiger partial charge in [-0.2, -0.15) is 0 Å². The van der Waals surface area contributed by atoms with Gasteiger partial charge in [-0.15, -0.1) is 0 Å². The Morgan fingerprint density at radius 2 is 2.33 bits per heavy atom. The van der Waals surface area contributed by atoms with E-state index in [4.69, 9.17) is 10.2 Å². The van der Waals surface area contributed by atoms with Crippen LogP contribution in [0, 0.1) is 17.9 Å². The molecule has 0 radical (unpaired) electrons. The van der Waals surface area contributed by atoms with Crippen molar-refractivity contribution >= 4 is 5.97 Å². The van der Waals surface area contributed by atoms with Crippen LogP contribution in [0.1, 0.15) is 13.3 Å². The maximum absolute atomic E-state index is 9.94. The molecule has 0 aromatic rings. The van der Waals surface area contributed by atoms with Crippen molar-refractivity contribution in [3.63, 3.8) is 0 Å². The zero-order valence-electron chi connectivity index (χ0n) is 5.09. The minimum atomic E-state index is -0.898. The first-order chi connectivity index (χ1) is 4.16. The van der Waals surface area contributed by atoms with Gasteiger partial charge in [-0.1, -0.05) is 12.8 Å². The van der Waals surface area contributed by atoms with Crippen molar-refractivity contribution in [3.8, 4) is 12.0 Å². The predicted octanol–water partition coefficient (Wildman–Crippen LogP) is 0.431. The Bertz CT molecular complexity index is 151. The number of aliphatic hydroxyl groups excluding tert-OH is 1. The molecule has 9 heavy (non-hydrogen) atoms. The zero-order chi connectivity index (χ0) is 7.28.